The Bertz CT molecular complexity index is 883. The fourth-order valence-electron chi connectivity index (χ4n) is 4.24. The minimum Gasteiger partial charge on any atom is -0.491 e. The van der Waals surface area contributed by atoms with E-state index in [4.69, 9.17) is 10.5 Å². The van der Waals surface area contributed by atoms with Gasteiger partial charge in [-0.2, -0.15) is 0 Å². The lowest BCUT2D eigenvalue weighted by molar-refractivity contribution is -0.122. The fraction of sp³-hybridized carbons (Fsp3) is 0.409. The van der Waals surface area contributed by atoms with E-state index in [-0.39, 0.29) is 5.91 Å². The first kappa shape index (κ1) is 18.2. The summed E-state index contributed by atoms with van der Waals surface area (Å²) < 4.78 is 6.01. The number of anilines is 2. The molecule has 142 valence electrons. The van der Waals surface area contributed by atoms with Gasteiger partial charge in [-0.25, -0.2) is 0 Å². The zero-order valence-electron chi connectivity index (χ0n) is 16.0. The first-order chi connectivity index (χ1) is 13.1. The fourth-order valence-corrected chi connectivity index (χ4v) is 4.98. The molecule has 1 spiro atoms. The Hall–Kier alpha value is -2.14. The van der Waals surface area contributed by atoms with E-state index in [0.717, 1.165) is 64.7 Å². The summed E-state index contributed by atoms with van der Waals surface area (Å²) in [6.07, 6.45) is 3.27. The summed E-state index contributed by atoms with van der Waals surface area (Å²) in [5.41, 5.74) is 9.23. The van der Waals surface area contributed by atoms with Crippen molar-refractivity contribution in [3.8, 4) is 5.75 Å². The summed E-state index contributed by atoms with van der Waals surface area (Å²) in [6, 6.07) is 12.1. The van der Waals surface area contributed by atoms with Crippen molar-refractivity contribution >= 4 is 29.0 Å². The molecule has 0 radical (unpaired) electrons. The molecule has 4 rings (SSSR count). The third-order valence-electron chi connectivity index (χ3n) is 5.57. The molecule has 2 aromatic rings. The van der Waals surface area contributed by atoms with Gasteiger partial charge in [0.2, 0.25) is 5.91 Å². The van der Waals surface area contributed by atoms with Crippen LogP contribution in [0.15, 0.2) is 41.3 Å². The molecule has 0 fully saturated rings. The molecule has 1 atom stereocenters. The largest absolute Gasteiger partial charge is 0.491 e. The highest BCUT2D eigenvalue weighted by molar-refractivity contribution is 7.99. The monoisotopic (exact) mass is 382 g/mol. The molecule has 5 heteroatoms. The molecule has 4 nitrogen and oxygen atoms in total. The highest BCUT2D eigenvalue weighted by Gasteiger charge is 2.56. The van der Waals surface area contributed by atoms with Crippen LogP contribution in [0.2, 0.25) is 0 Å². The molecule has 0 aromatic heterocycles. The van der Waals surface area contributed by atoms with Crippen molar-refractivity contribution in [2.45, 2.75) is 43.4 Å². The second kappa shape index (κ2) is 7.12. The van der Waals surface area contributed by atoms with Gasteiger partial charge in [-0.15, -0.1) is 11.8 Å². The number of carbonyl (C=O) groups excluding carboxylic acids is 1. The molecule has 0 saturated carbocycles. The lowest BCUT2D eigenvalue weighted by Gasteiger charge is -2.23. The Morgan fingerprint density at radius 2 is 2.00 bits per heavy atom. The number of hydrogen-bond donors (Lipinski definition) is 1. The number of fused-ring (bicyclic) bond motifs is 4. The Kier molecular flexibility index (Phi) is 4.81. The van der Waals surface area contributed by atoms with Gasteiger partial charge in [0.15, 0.2) is 0 Å². The normalized spacial score (nSPS) is 20.1. The average molecular weight is 383 g/mol. The molecule has 2 heterocycles. The van der Waals surface area contributed by atoms with Crippen LogP contribution in [0.25, 0.3) is 0 Å². The number of unbranched alkanes of at least 4 members (excludes halogenated alkanes) is 2. The Morgan fingerprint density at radius 1 is 1.19 bits per heavy atom. The van der Waals surface area contributed by atoms with Crippen LogP contribution in [-0.2, 0) is 10.2 Å². The van der Waals surface area contributed by atoms with Gasteiger partial charge in [0.1, 0.15) is 17.8 Å². The van der Waals surface area contributed by atoms with Gasteiger partial charge < -0.3 is 15.4 Å². The van der Waals surface area contributed by atoms with Crippen LogP contribution in [-0.4, -0.2) is 24.8 Å². The summed E-state index contributed by atoms with van der Waals surface area (Å²) in [5, 5.41) is 0. The number of hydrogen-bond acceptors (Lipinski definition) is 4. The van der Waals surface area contributed by atoms with Gasteiger partial charge in [-0.3, -0.25) is 4.79 Å². The standard InChI is InChI=1S/C22H26N2O2S/c1-3-5-8-11-24-18-10-7-6-9-15(18)22(21(24)25)14-26-19-13-17(23)20(27-4-2)12-16(19)22/h6-7,9-10,12-13H,3-5,8,11,14,23H2,1-2H3. The van der Waals surface area contributed by atoms with Crippen molar-refractivity contribution in [2.75, 3.05) is 29.5 Å². The van der Waals surface area contributed by atoms with Gasteiger partial charge >= 0.3 is 0 Å². The van der Waals surface area contributed by atoms with Crippen LogP contribution in [0.3, 0.4) is 0 Å². The molecule has 2 aliphatic rings. The minimum absolute atomic E-state index is 0.135. The molecule has 2 aliphatic heterocycles. The molecule has 1 amide bonds. The van der Waals surface area contributed by atoms with E-state index in [1.165, 1.54) is 0 Å². The SMILES string of the molecule is CCCCCN1C(=O)C2(COc3cc(N)c(SCC)cc32)c2ccccc21. The van der Waals surface area contributed by atoms with Crippen molar-refractivity contribution in [1.82, 2.24) is 0 Å². The third kappa shape index (κ3) is 2.71. The summed E-state index contributed by atoms with van der Waals surface area (Å²) in [5.74, 6) is 1.81. The van der Waals surface area contributed by atoms with Crippen LogP contribution in [0.5, 0.6) is 5.75 Å². The molecule has 0 aliphatic carbocycles. The van der Waals surface area contributed by atoms with Gasteiger partial charge in [0.25, 0.3) is 0 Å². The number of nitrogens with two attached hydrogens (primary N) is 1. The molecule has 1 unspecified atom stereocenters. The summed E-state index contributed by atoms with van der Waals surface area (Å²) in [4.78, 5) is 16.7. The predicted molar refractivity (Wildman–Crippen MR) is 112 cm³/mol. The number of benzene rings is 2. The number of nitrogen functional groups attached to an aromatic ring is 1. The van der Waals surface area contributed by atoms with E-state index in [0.29, 0.717) is 6.61 Å². The number of carbonyl (C=O) groups is 1. The number of para-hydroxylation sites is 1. The molecular weight excluding hydrogens is 356 g/mol. The molecule has 2 N–H and O–H groups in total. The third-order valence-corrected chi connectivity index (χ3v) is 6.52. The maximum absolute atomic E-state index is 13.7. The summed E-state index contributed by atoms with van der Waals surface area (Å²) in [6.45, 7) is 5.39. The van der Waals surface area contributed by atoms with Gasteiger partial charge in [-0.05, 0) is 29.9 Å². The Morgan fingerprint density at radius 3 is 2.78 bits per heavy atom. The van der Waals surface area contributed by atoms with Gasteiger partial charge in [0, 0.05) is 34.4 Å². The number of thioether (sulfide) groups is 1. The van der Waals surface area contributed by atoms with E-state index in [1.54, 1.807) is 11.8 Å². The second-order valence-corrected chi connectivity index (χ2v) is 8.50. The smallest absolute Gasteiger partial charge is 0.245 e. The predicted octanol–water partition coefficient (Wildman–Crippen LogP) is 4.60. The number of amides is 1. The van der Waals surface area contributed by atoms with Crippen molar-refractivity contribution in [1.29, 1.82) is 0 Å². The number of ether oxygens (including phenoxy) is 1. The lowest BCUT2D eigenvalue weighted by atomic mass is 9.77. The lowest BCUT2D eigenvalue weighted by Crippen LogP contribution is -2.42. The van der Waals surface area contributed by atoms with Crippen molar-refractivity contribution < 1.29 is 9.53 Å². The van der Waals surface area contributed by atoms with E-state index in [1.807, 2.05) is 23.1 Å². The maximum atomic E-state index is 13.7. The van der Waals surface area contributed by atoms with Crippen LogP contribution in [0.1, 0.15) is 44.2 Å². The van der Waals surface area contributed by atoms with Crippen LogP contribution in [0, 0.1) is 0 Å². The van der Waals surface area contributed by atoms with E-state index < -0.39 is 5.41 Å². The first-order valence-corrected chi connectivity index (χ1v) is 10.7. The average Bonchev–Trinajstić information content (AvgIpc) is 3.15. The van der Waals surface area contributed by atoms with E-state index in [2.05, 4.69) is 32.0 Å². The van der Waals surface area contributed by atoms with Gasteiger partial charge in [-0.1, -0.05) is 44.9 Å². The zero-order valence-corrected chi connectivity index (χ0v) is 16.8. The Balaban J connectivity index is 1.83. The first-order valence-electron chi connectivity index (χ1n) is 9.74. The zero-order chi connectivity index (χ0) is 19.0. The summed E-state index contributed by atoms with van der Waals surface area (Å²) >= 11 is 1.70. The molecular formula is C22H26N2O2S. The number of nitrogens with zero attached hydrogens (tertiary/aromatic N) is 1. The summed E-state index contributed by atoms with van der Waals surface area (Å²) in [7, 11) is 0. The highest BCUT2D eigenvalue weighted by Crippen LogP contribution is 2.53. The second-order valence-electron chi connectivity index (χ2n) is 7.19. The van der Waals surface area contributed by atoms with Crippen molar-refractivity contribution in [2.24, 2.45) is 0 Å². The minimum atomic E-state index is -0.741. The van der Waals surface area contributed by atoms with Gasteiger partial charge in [0.05, 0.1) is 0 Å². The molecule has 0 bridgehead atoms. The quantitative estimate of drug-likeness (QED) is 0.451. The van der Waals surface area contributed by atoms with E-state index in [9.17, 15) is 4.79 Å². The molecule has 2 aromatic carbocycles. The van der Waals surface area contributed by atoms with Crippen molar-refractivity contribution in [3.05, 3.63) is 47.5 Å². The highest BCUT2D eigenvalue weighted by atomic mass is 32.2. The number of rotatable bonds is 6. The van der Waals surface area contributed by atoms with Crippen LogP contribution in [0.4, 0.5) is 11.4 Å². The molecule has 0 saturated heterocycles. The maximum Gasteiger partial charge on any atom is 0.245 e. The topological polar surface area (TPSA) is 55.6 Å². The van der Waals surface area contributed by atoms with Crippen LogP contribution >= 0.6 is 11.8 Å². The van der Waals surface area contributed by atoms with Crippen LogP contribution < -0.4 is 15.4 Å². The van der Waals surface area contributed by atoms with Crippen molar-refractivity contribution in [3.63, 3.8) is 0 Å². The Labute approximate surface area is 165 Å². The molecule has 27 heavy (non-hydrogen) atoms. The van der Waals surface area contributed by atoms with E-state index >= 15 is 0 Å².